The molecular formula is C45H56Cl2N4O12. The fourth-order valence-electron chi connectivity index (χ4n) is 13.6. The molecule has 1 unspecified atom stereocenters. The molecule has 0 radical (unpaired) electrons. The number of hydroxylamine groups is 1. The summed E-state index contributed by atoms with van der Waals surface area (Å²) in [4.78, 5) is 53.7. The van der Waals surface area contributed by atoms with Crippen molar-refractivity contribution in [3.8, 4) is 5.75 Å². The number of ether oxygens (including phenoxy) is 4. The second-order valence-electron chi connectivity index (χ2n) is 18.6. The molecule has 1 aromatic heterocycles. The third kappa shape index (κ3) is 6.02. The number of piperidine rings is 1. The maximum atomic E-state index is 15.4. The second kappa shape index (κ2) is 15.9. The summed E-state index contributed by atoms with van der Waals surface area (Å²) in [5.74, 6) is -2.63. The number of aliphatic hydroxyl groups excluding tert-OH is 1. The number of hydrogen-bond donors (Lipinski definition) is 5. The summed E-state index contributed by atoms with van der Waals surface area (Å²) in [6, 6.07) is 9.32. The largest absolute Gasteiger partial charge is 1.00 e. The van der Waals surface area contributed by atoms with Crippen LogP contribution in [0.2, 0.25) is 0 Å². The zero-order chi connectivity index (χ0) is 44.2. The van der Waals surface area contributed by atoms with Crippen molar-refractivity contribution in [1.82, 2.24) is 9.88 Å². The summed E-state index contributed by atoms with van der Waals surface area (Å²) in [6.45, 7) is 4.95. The van der Waals surface area contributed by atoms with E-state index in [9.17, 15) is 30.2 Å². The summed E-state index contributed by atoms with van der Waals surface area (Å²) >= 11 is 6.91. The maximum absolute atomic E-state index is 15.4. The predicted molar refractivity (Wildman–Crippen MR) is 224 cm³/mol. The first-order valence-corrected chi connectivity index (χ1v) is 21.9. The first-order chi connectivity index (χ1) is 29.7. The number of aromatic nitrogens is 1. The van der Waals surface area contributed by atoms with Gasteiger partial charge in [0.25, 0.3) is 0 Å². The molecule has 63 heavy (non-hydrogen) atoms. The van der Waals surface area contributed by atoms with Gasteiger partial charge in [0.1, 0.15) is 29.4 Å². The van der Waals surface area contributed by atoms with Gasteiger partial charge in [-0.1, -0.05) is 48.9 Å². The molecule has 2 aromatic carbocycles. The minimum atomic E-state index is -2.76. The van der Waals surface area contributed by atoms with Crippen LogP contribution < -0.4 is 22.2 Å². The number of para-hydroxylation sites is 1. The minimum Gasteiger partial charge on any atom is -1.00 e. The Labute approximate surface area is 376 Å². The number of fused-ring (bicyclic) bond motifs is 6. The number of aliphatic hydroxyl groups is 3. The van der Waals surface area contributed by atoms with Gasteiger partial charge in [-0.25, -0.2) is 15.1 Å². The summed E-state index contributed by atoms with van der Waals surface area (Å²) in [7, 11) is 3.91. The number of halogens is 2. The van der Waals surface area contributed by atoms with Crippen molar-refractivity contribution in [1.29, 1.82) is 0 Å². The lowest BCUT2D eigenvalue weighted by Crippen LogP contribution is -3.00. The normalized spacial score (nSPS) is 36.4. The smallest absolute Gasteiger partial charge is 0.344 e. The van der Waals surface area contributed by atoms with Crippen LogP contribution >= 0.6 is 11.6 Å². The molecule has 6 heterocycles. The molecule has 9 rings (SSSR count). The highest BCUT2D eigenvalue weighted by Crippen LogP contribution is 2.68. The number of anilines is 1. The molecule has 3 fully saturated rings. The van der Waals surface area contributed by atoms with Crippen LogP contribution in [0.1, 0.15) is 61.9 Å². The molecule has 1 spiro atoms. The standard InChI is InChI=1S/C45H55ClN4O12.ClH/c1-6-41(55)20-27-21-44(39(53)59-4,35-29(12-17-50(22-27,23-41)25-46)28-10-7-8-11-32(28)47-35)31-18-30-33(19-34(31)58-3)49(62-57)37-43(30)14-16-48-15-9-13-42(24-51,36(43)48)38(61-26(2)52)45(37,56)40(54)60-5;/h7-11,13,18-19,27,36-38,47,51,55-56H,6,12,14-17,20-25H2,1-5H3;1H/t27-,36-,37+,38+,41-,42-,43+,44-,45-,50?;/m0./s1. The third-order valence-electron chi connectivity index (χ3n) is 15.7. The van der Waals surface area contributed by atoms with Gasteiger partial charge in [0.15, 0.2) is 12.1 Å². The highest BCUT2D eigenvalue weighted by atomic mass is 35.5. The number of carbonyl (C=O) groups is 3. The molecule has 5 aliphatic heterocycles. The van der Waals surface area contributed by atoms with Crippen molar-refractivity contribution in [2.24, 2.45) is 11.3 Å². The molecule has 1 saturated carbocycles. The van der Waals surface area contributed by atoms with Crippen molar-refractivity contribution in [3.63, 3.8) is 0 Å². The van der Waals surface area contributed by atoms with E-state index in [1.54, 1.807) is 12.1 Å². The number of benzene rings is 2. The molecule has 342 valence electrons. The molecule has 5 N–H and O–H groups in total. The summed E-state index contributed by atoms with van der Waals surface area (Å²) in [5, 5.41) is 49.9. The Morgan fingerprint density at radius 2 is 1.78 bits per heavy atom. The summed E-state index contributed by atoms with van der Waals surface area (Å²) < 4.78 is 23.8. The SMILES string of the molecule is CC[C@]1(O)C[C@H]2C[C@](C(=O)OC)(c3cc4c(cc3OC)N(OO)[C@H]3[C@@](O)(C(=O)OC)[C@H](OC(C)=O)[C@]5(CO)C=CCN6CC[C@]43[C@@H]65)c3[nH]c4ccccc4c3CC[N+](CCl)(C2)C1.[Cl-]. The molecule has 10 atom stereocenters. The van der Waals surface area contributed by atoms with Gasteiger partial charge in [-0.3, -0.25) is 14.5 Å². The van der Waals surface area contributed by atoms with Crippen molar-refractivity contribution in [2.75, 3.05) is 71.7 Å². The highest BCUT2D eigenvalue weighted by molar-refractivity contribution is 6.17. The van der Waals surface area contributed by atoms with E-state index in [0.29, 0.717) is 73.3 Å². The van der Waals surface area contributed by atoms with E-state index in [4.69, 9.17) is 35.5 Å². The number of esters is 3. The van der Waals surface area contributed by atoms with Gasteiger partial charge in [0.05, 0.1) is 52.1 Å². The predicted octanol–water partition coefficient (Wildman–Crippen LogP) is 0.0631. The molecular weight excluding hydrogens is 859 g/mol. The Bertz CT molecular complexity index is 2360. The first-order valence-electron chi connectivity index (χ1n) is 21.3. The molecule has 0 amide bonds. The average molecular weight is 916 g/mol. The Hall–Kier alpha value is -3.97. The quantitative estimate of drug-likeness (QED) is 0.0282. The number of nitrogens with one attached hydrogen (secondary N) is 1. The number of methoxy groups -OCH3 is 3. The molecule has 1 aliphatic carbocycles. The molecule has 6 aliphatic rings. The number of hydrogen-bond acceptors (Lipinski definition) is 14. The number of carbonyl (C=O) groups excluding carboxylic acids is 3. The van der Waals surface area contributed by atoms with Crippen LogP contribution in [0, 0.1) is 11.3 Å². The Morgan fingerprint density at radius 3 is 2.43 bits per heavy atom. The number of aromatic amines is 1. The third-order valence-corrected chi connectivity index (χ3v) is 16.2. The van der Waals surface area contributed by atoms with Gasteiger partial charge in [0.2, 0.25) is 5.60 Å². The van der Waals surface area contributed by atoms with Gasteiger partial charge in [-0.15, -0.1) is 4.99 Å². The molecule has 3 aromatic rings. The number of nitrogens with zero attached hydrogens (tertiary/aromatic N) is 3. The van der Waals surface area contributed by atoms with Crippen LogP contribution in [-0.2, 0) is 50.8 Å². The van der Waals surface area contributed by atoms with Gasteiger partial charge in [-0.2, -0.15) is 0 Å². The Balaban J connectivity index is 0.00000544. The van der Waals surface area contributed by atoms with Gasteiger partial charge >= 0.3 is 17.9 Å². The fraction of sp³-hybridized carbons (Fsp3) is 0.578. The number of H-pyrrole nitrogens is 1. The van der Waals surface area contributed by atoms with E-state index in [2.05, 4.69) is 9.88 Å². The van der Waals surface area contributed by atoms with E-state index in [0.717, 1.165) is 35.6 Å². The van der Waals surface area contributed by atoms with E-state index in [-0.39, 0.29) is 48.6 Å². The molecule has 18 heteroatoms. The highest BCUT2D eigenvalue weighted by Gasteiger charge is 2.82. The van der Waals surface area contributed by atoms with Crippen molar-refractivity contribution < 1.29 is 75.8 Å². The summed E-state index contributed by atoms with van der Waals surface area (Å²) in [5.41, 5.74) is -4.99. The van der Waals surface area contributed by atoms with Gasteiger partial charge in [-0.05, 0) is 55.5 Å². The number of alkyl halides is 1. The lowest BCUT2D eigenvalue weighted by atomic mass is 9.48. The van der Waals surface area contributed by atoms with Gasteiger partial charge < -0.3 is 56.1 Å². The molecule has 16 nitrogen and oxygen atoms in total. The topological polar surface area (TPSA) is 201 Å². The summed E-state index contributed by atoms with van der Waals surface area (Å²) in [6.07, 6.45) is 3.63. The van der Waals surface area contributed by atoms with Crippen LogP contribution in [0.4, 0.5) is 5.69 Å². The molecule has 2 saturated heterocycles. The monoisotopic (exact) mass is 914 g/mol. The van der Waals surface area contributed by atoms with Crippen LogP contribution in [0.15, 0.2) is 48.6 Å². The Morgan fingerprint density at radius 1 is 1.03 bits per heavy atom. The fourth-order valence-corrected chi connectivity index (χ4v) is 13.9. The van der Waals surface area contributed by atoms with E-state index in [1.807, 2.05) is 43.3 Å². The lowest BCUT2D eigenvalue weighted by Gasteiger charge is -2.62. The average Bonchev–Trinajstić information content (AvgIpc) is 3.95. The van der Waals surface area contributed by atoms with Gasteiger partial charge in [0, 0.05) is 65.5 Å². The second-order valence-corrected chi connectivity index (χ2v) is 18.8. The zero-order valence-corrected chi connectivity index (χ0v) is 37.6. The maximum Gasteiger partial charge on any atom is 0.344 e. The van der Waals surface area contributed by atoms with Crippen LogP contribution in [0.3, 0.4) is 0 Å². The minimum absolute atomic E-state index is 0. The molecule has 2 bridgehead atoms. The van der Waals surface area contributed by atoms with Crippen molar-refractivity contribution >= 4 is 46.1 Å². The lowest BCUT2D eigenvalue weighted by molar-refractivity contribution is -0.932. The van der Waals surface area contributed by atoms with Crippen LogP contribution in [-0.4, -0.2) is 149 Å². The van der Waals surface area contributed by atoms with Crippen LogP contribution in [0.5, 0.6) is 5.75 Å². The van der Waals surface area contributed by atoms with E-state index in [1.165, 1.54) is 14.2 Å². The van der Waals surface area contributed by atoms with E-state index >= 15 is 4.79 Å². The number of quaternary nitrogens is 1. The van der Waals surface area contributed by atoms with Crippen molar-refractivity contribution in [2.45, 2.75) is 86.2 Å². The van der Waals surface area contributed by atoms with Crippen molar-refractivity contribution in [3.05, 3.63) is 70.9 Å². The Kier molecular flexibility index (Phi) is 11.5. The first kappa shape index (κ1) is 45.6. The van der Waals surface area contributed by atoms with E-state index < -0.39 is 70.1 Å². The zero-order valence-electron chi connectivity index (χ0n) is 36.1. The number of rotatable bonds is 9. The van der Waals surface area contributed by atoms with Crippen LogP contribution in [0.25, 0.3) is 10.9 Å².